The number of aromatic nitrogens is 3. The van der Waals surface area contributed by atoms with E-state index in [0.717, 1.165) is 30.2 Å². The molecule has 20 heavy (non-hydrogen) atoms. The molecule has 0 aliphatic rings. The Hall–Kier alpha value is -1.89. The Bertz CT molecular complexity index is 559. The fourth-order valence-electron chi connectivity index (χ4n) is 1.61. The highest BCUT2D eigenvalue weighted by molar-refractivity contribution is 8.00. The second kappa shape index (κ2) is 7.04. The number of aliphatic carboxylic acids is 1. The Kier molecular flexibility index (Phi) is 5.11. The van der Waals surface area contributed by atoms with Crippen LogP contribution in [0.15, 0.2) is 34.2 Å². The van der Waals surface area contributed by atoms with E-state index in [-0.39, 0.29) is 5.22 Å². The number of rotatable bonds is 7. The van der Waals surface area contributed by atoms with Gasteiger partial charge in [-0.05, 0) is 18.6 Å². The van der Waals surface area contributed by atoms with Crippen molar-refractivity contribution in [2.24, 2.45) is 0 Å². The largest absolute Gasteiger partial charge is 0.480 e. The molecule has 1 atom stereocenters. The SMILES string of the molecule is CCCC[C@@H](Sc1nnc(-c2ccncc2)o1)C(=O)O. The summed E-state index contributed by atoms with van der Waals surface area (Å²) in [5.41, 5.74) is 0.764. The highest BCUT2D eigenvalue weighted by Crippen LogP contribution is 2.28. The van der Waals surface area contributed by atoms with Crippen LogP contribution in [0, 0.1) is 0 Å². The van der Waals surface area contributed by atoms with Gasteiger partial charge in [0.2, 0.25) is 5.89 Å². The molecule has 7 heteroatoms. The van der Waals surface area contributed by atoms with E-state index in [4.69, 9.17) is 9.52 Å². The highest BCUT2D eigenvalue weighted by atomic mass is 32.2. The second-order valence-electron chi connectivity index (χ2n) is 4.20. The van der Waals surface area contributed by atoms with Gasteiger partial charge in [-0.15, -0.1) is 10.2 Å². The minimum absolute atomic E-state index is 0.278. The van der Waals surface area contributed by atoms with Crippen LogP contribution in [-0.4, -0.2) is 31.5 Å². The van der Waals surface area contributed by atoms with Crippen LogP contribution in [0.25, 0.3) is 11.5 Å². The summed E-state index contributed by atoms with van der Waals surface area (Å²) in [7, 11) is 0. The van der Waals surface area contributed by atoms with Gasteiger partial charge in [-0.2, -0.15) is 0 Å². The molecule has 1 N–H and O–H groups in total. The van der Waals surface area contributed by atoms with Gasteiger partial charge in [-0.25, -0.2) is 0 Å². The van der Waals surface area contributed by atoms with E-state index in [1.807, 2.05) is 6.92 Å². The number of thioether (sulfide) groups is 1. The molecule has 2 rings (SSSR count). The lowest BCUT2D eigenvalue weighted by atomic mass is 10.2. The standard InChI is InChI=1S/C13H15N3O3S/c1-2-3-4-10(12(17)18)20-13-16-15-11(19-13)9-5-7-14-8-6-9/h5-8,10H,2-4H2,1H3,(H,17,18)/t10-/m1/s1. The lowest BCUT2D eigenvalue weighted by molar-refractivity contribution is -0.136. The van der Waals surface area contributed by atoms with Crippen molar-refractivity contribution in [1.29, 1.82) is 0 Å². The van der Waals surface area contributed by atoms with Crippen molar-refractivity contribution in [3.05, 3.63) is 24.5 Å². The van der Waals surface area contributed by atoms with Gasteiger partial charge in [0.05, 0.1) is 0 Å². The van der Waals surface area contributed by atoms with Gasteiger partial charge in [-0.1, -0.05) is 31.5 Å². The van der Waals surface area contributed by atoms with Crippen molar-refractivity contribution < 1.29 is 14.3 Å². The number of nitrogens with zero attached hydrogens (tertiary/aromatic N) is 3. The first-order valence-corrected chi connectivity index (χ1v) is 7.22. The van der Waals surface area contributed by atoms with Gasteiger partial charge in [0.15, 0.2) is 0 Å². The first kappa shape index (κ1) is 14.5. The summed E-state index contributed by atoms with van der Waals surface area (Å²) < 4.78 is 5.48. The van der Waals surface area contributed by atoms with Crippen LogP contribution in [0.5, 0.6) is 0 Å². The van der Waals surface area contributed by atoms with Gasteiger partial charge in [-0.3, -0.25) is 9.78 Å². The topological polar surface area (TPSA) is 89.1 Å². The van der Waals surface area contributed by atoms with E-state index >= 15 is 0 Å². The molecule has 2 aromatic heterocycles. The average molecular weight is 293 g/mol. The van der Waals surface area contributed by atoms with Crippen LogP contribution in [0.1, 0.15) is 26.2 Å². The summed E-state index contributed by atoms with van der Waals surface area (Å²) in [5.74, 6) is -0.485. The summed E-state index contributed by atoms with van der Waals surface area (Å²) in [6, 6.07) is 3.52. The normalized spacial score (nSPS) is 12.2. The smallest absolute Gasteiger partial charge is 0.317 e. The van der Waals surface area contributed by atoms with E-state index < -0.39 is 11.2 Å². The molecule has 0 bridgehead atoms. The summed E-state index contributed by atoms with van der Waals surface area (Å²) in [6.45, 7) is 2.03. The lowest BCUT2D eigenvalue weighted by Crippen LogP contribution is -2.16. The average Bonchev–Trinajstić information content (AvgIpc) is 2.92. The van der Waals surface area contributed by atoms with E-state index in [9.17, 15) is 4.79 Å². The van der Waals surface area contributed by atoms with Crippen molar-refractivity contribution in [3.63, 3.8) is 0 Å². The monoisotopic (exact) mass is 293 g/mol. The van der Waals surface area contributed by atoms with Gasteiger partial charge in [0.25, 0.3) is 5.22 Å². The predicted octanol–water partition coefficient (Wildman–Crippen LogP) is 2.87. The Morgan fingerprint density at radius 1 is 1.40 bits per heavy atom. The van der Waals surface area contributed by atoms with E-state index in [0.29, 0.717) is 12.3 Å². The molecule has 0 aliphatic carbocycles. The lowest BCUT2D eigenvalue weighted by Gasteiger charge is -2.07. The van der Waals surface area contributed by atoms with Crippen molar-refractivity contribution in [1.82, 2.24) is 15.2 Å². The zero-order chi connectivity index (χ0) is 14.4. The zero-order valence-electron chi connectivity index (χ0n) is 11.0. The Balaban J connectivity index is 2.06. The number of carboxylic acids is 1. The fourth-order valence-corrected chi connectivity index (χ4v) is 2.46. The quantitative estimate of drug-likeness (QED) is 0.785. The summed E-state index contributed by atoms with van der Waals surface area (Å²) in [4.78, 5) is 15.1. The van der Waals surface area contributed by atoms with Crippen LogP contribution in [-0.2, 0) is 4.79 Å². The van der Waals surface area contributed by atoms with Gasteiger partial charge < -0.3 is 9.52 Å². The molecule has 0 saturated heterocycles. The van der Waals surface area contributed by atoms with Crippen molar-refractivity contribution >= 4 is 17.7 Å². The van der Waals surface area contributed by atoms with E-state index in [1.54, 1.807) is 24.5 Å². The third kappa shape index (κ3) is 3.80. The maximum absolute atomic E-state index is 11.2. The first-order chi connectivity index (χ1) is 9.70. The van der Waals surface area contributed by atoms with Gasteiger partial charge >= 0.3 is 5.97 Å². The van der Waals surface area contributed by atoms with Crippen molar-refractivity contribution in [2.75, 3.05) is 0 Å². The second-order valence-corrected chi connectivity index (χ2v) is 5.35. The van der Waals surface area contributed by atoms with Crippen LogP contribution >= 0.6 is 11.8 Å². The Labute approximate surface area is 120 Å². The third-order valence-electron chi connectivity index (χ3n) is 2.67. The Morgan fingerprint density at radius 2 is 2.15 bits per heavy atom. The fraction of sp³-hybridized carbons (Fsp3) is 0.385. The predicted molar refractivity (Wildman–Crippen MR) is 74.3 cm³/mol. The molecular weight excluding hydrogens is 278 g/mol. The number of pyridine rings is 1. The molecule has 0 spiro atoms. The van der Waals surface area contributed by atoms with Crippen LogP contribution in [0.4, 0.5) is 0 Å². The number of unbranched alkanes of at least 4 members (excludes halogenated alkanes) is 1. The highest BCUT2D eigenvalue weighted by Gasteiger charge is 2.21. The molecule has 0 aliphatic heterocycles. The molecule has 0 unspecified atom stereocenters. The number of carbonyl (C=O) groups is 1. The summed E-state index contributed by atoms with van der Waals surface area (Å²) >= 11 is 1.10. The van der Waals surface area contributed by atoms with Gasteiger partial charge in [0.1, 0.15) is 5.25 Å². The van der Waals surface area contributed by atoms with Crippen LogP contribution in [0.2, 0.25) is 0 Å². The minimum atomic E-state index is -0.855. The number of hydrogen-bond donors (Lipinski definition) is 1. The summed E-state index contributed by atoms with van der Waals surface area (Å²) in [5, 5.41) is 16.7. The van der Waals surface area contributed by atoms with E-state index in [1.165, 1.54) is 0 Å². The summed E-state index contributed by atoms with van der Waals surface area (Å²) in [6.07, 6.45) is 5.66. The molecule has 2 heterocycles. The molecule has 2 aromatic rings. The molecule has 0 amide bonds. The van der Waals surface area contributed by atoms with Crippen LogP contribution in [0.3, 0.4) is 0 Å². The van der Waals surface area contributed by atoms with Crippen molar-refractivity contribution in [2.45, 2.75) is 36.7 Å². The Morgan fingerprint density at radius 3 is 2.80 bits per heavy atom. The number of hydrogen-bond acceptors (Lipinski definition) is 6. The molecule has 0 aromatic carbocycles. The molecular formula is C13H15N3O3S. The molecule has 6 nitrogen and oxygen atoms in total. The zero-order valence-corrected chi connectivity index (χ0v) is 11.8. The minimum Gasteiger partial charge on any atom is -0.480 e. The first-order valence-electron chi connectivity index (χ1n) is 6.34. The molecule has 0 saturated carbocycles. The molecule has 106 valence electrons. The van der Waals surface area contributed by atoms with Gasteiger partial charge in [0, 0.05) is 18.0 Å². The number of carboxylic acid groups (broad SMARTS) is 1. The van der Waals surface area contributed by atoms with E-state index in [2.05, 4.69) is 15.2 Å². The maximum atomic E-state index is 11.2. The van der Waals surface area contributed by atoms with Crippen molar-refractivity contribution in [3.8, 4) is 11.5 Å². The molecule has 0 radical (unpaired) electrons. The third-order valence-corrected chi connectivity index (χ3v) is 3.76. The molecule has 0 fully saturated rings. The maximum Gasteiger partial charge on any atom is 0.317 e. The van der Waals surface area contributed by atoms with Crippen LogP contribution < -0.4 is 0 Å².